The molecule has 0 spiro atoms. The van der Waals surface area contributed by atoms with Gasteiger partial charge in [-0.25, -0.2) is 0 Å². The van der Waals surface area contributed by atoms with Gasteiger partial charge in [-0.05, 0) is 12.1 Å². The van der Waals surface area contributed by atoms with Crippen molar-refractivity contribution in [1.29, 1.82) is 0 Å². The summed E-state index contributed by atoms with van der Waals surface area (Å²) in [6.45, 7) is 0. The molecule has 12 heavy (non-hydrogen) atoms. The molecule has 1 aromatic heterocycles. The Balaban J connectivity index is 2.49. The van der Waals surface area contributed by atoms with E-state index in [4.69, 9.17) is 4.74 Å². The van der Waals surface area contributed by atoms with Crippen LogP contribution in [0.2, 0.25) is 0 Å². The Labute approximate surface area is 69.7 Å². The van der Waals surface area contributed by atoms with Crippen LogP contribution in [0.15, 0.2) is 30.8 Å². The summed E-state index contributed by atoms with van der Waals surface area (Å²) < 4.78 is 5.15. The maximum absolute atomic E-state index is 10.6. The summed E-state index contributed by atoms with van der Waals surface area (Å²) in [6, 6.07) is 1.79. The summed E-state index contributed by atoms with van der Waals surface area (Å²) in [4.78, 5) is 14.5. The second kappa shape index (κ2) is 2.77. The number of nitrogens with zero attached hydrogens (tertiary/aromatic N) is 1. The third kappa shape index (κ3) is 0.993. The van der Waals surface area contributed by atoms with Gasteiger partial charge >= 0.3 is 0 Å². The van der Waals surface area contributed by atoms with Crippen LogP contribution in [0, 0.1) is 0 Å². The molecule has 0 fully saturated rings. The molecule has 1 aliphatic rings. The lowest BCUT2D eigenvalue weighted by Gasteiger charge is -2.14. The minimum absolute atomic E-state index is 0.184. The maximum atomic E-state index is 10.6. The van der Waals surface area contributed by atoms with E-state index in [0.29, 0.717) is 5.75 Å². The zero-order valence-corrected chi connectivity index (χ0v) is 6.31. The van der Waals surface area contributed by atoms with E-state index in [9.17, 15) is 4.79 Å². The number of rotatable bonds is 1. The van der Waals surface area contributed by atoms with Gasteiger partial charge in [-0.15, -0.1) is 0 Å². The quantitative estimate of drug-likeness (QED) is 0.582. The van der Waals surface area contributed by atoms with Crippen LogP contribution in [-0.4, -0.2) is 11.3 Å². The number of aromatic nitrogens is 1. The summed E-state index contributed by atoms with van der Waals surface area (Å²) in [5.74, 6) is 0.480. The molecule has 0 bridgehead atoms. The summed E-state index contributed by atoms with van der Waals surface area (Å²) in [5.41, 5.74) is 0.877. The molecule has 0 saturated heterocycles. The molecule has 0 saturated carbocycles. The van der Waals surface area contributed by atoms with Gasteiger partial charge < -0.3 is 9.53 Å². The van der Waals surface area contributed by atoms with E-state index in [1.54, 1.807) is 24.5 Å². The topological polar surface area (TPSA) is 39.2 Å². The van der Waals surface area contributed by atoms with Crippen molar-refractivity contribution >= 4 is 6.29 Å². The zero-order chi connectivity index (χ0) is 8.39. The monoisotopic (exact) mass is 161 g/mol. The number of pyridine rings is 1. The van der Waals surface area contributed by atoms with E-state index < -0.39 is 0 Å². The Morgan fingerprint density at radius 2 is 2.50 bits per heavy atom. The number of hydrogen-bond donors (Lipinski definition) is 0. The largest absolute Gasteiger partial charge is 0.463 e. The predicted octanol–water partition coefficient (Wildman–Crippen LogP) is 1.27. The van der Waals surface area contributed by atoms with E-state index in [2.05, 4.69) is 4.98 Å². The second-order valence-electron chi connectivity index (χ2n) is 2.52. The Bertz CT molecular complexity index is 333. The highest BCUT2D eigenvalue weighted by Gasteiger charge is 2.15. The molecule has 2 rings (SSSR count). The first-order valence-electron chi connectivity index (χ1n) is 3.64. The molecule has 2 heterocycles. The number of fused-ring (bicyclic) bond motifs is 1. The number of allylic oxidation sites excluding steroid dienone is 1. The van der Waals surface area contributed by atoms with Crippen molar-refractivity contribution < 1.29 is 9.53 Å². The van der Waals surface area contributed by atoms with Crippen LogP contribution in [-0.2, 0) is 4.79 Å². The molecule has 60 valence electrons. The van der Waals surface area contributed by atoms with Gasteiger partial charge in [-0.2, -0.15) is 0 Å². The van der Waals surface area contributed by atoms with Crippen molar-refractivity contribution in [2.75, 3.05) is 0 Å². The number of aldehydes is 1. The summed E-state index contributed by atoms with van der Waals surface area (Å²) >= 11 is 0. The van der Waals surface area contributed by atoms with Gasteiger partial charge in [0.25, 0.3) is 0 Å². The van der Waals surface area contributed by atoms with Crippen molar-refractivity contribution in [3.63, 3.8) is 0 Å². The zero-order valence-electron chi connectivity index (χ0n) is 6.31. The van der Waals surface area contributed by atoms with Gasteiger partial charge in [0, 0.05) is 11.8 Å². The third-order valence-electron chi connectivity index (χ3n) is 1.80. The minimum Gasteiger partial charge on any atom is -0.463 e. The first kappa shape index (κ1) is 7.03. The molecule has 0 aromatic carbocycles. The standard InChI is InChI=1S/C9H7NO2/c11-6-7-2-4-12-9-5-10-3-1-8(7)9/h1-7H. The highest BCUT2D eigenvalue weighted by atomic mass is 16.5. The van der Waals surface area contributed by atoms with Crippen LogP contribution in [0.5, 0.6) is 5.75 Å². The Kier molecular flexibility index (Phi) is 1.63. The maximum Gasteiger partial charge on any atom is 0.149 e. The lowest BCUT2D eigenvalue weighted by molar-refractivity contribution is -0.108. The van der Waals surface area contributed by atoms with Gasteiger partial charge in [0.15, 0.2) is 0 Å². The smallest absolute Gasteiger partial charge is 0.149 e. The first-order valence-corrected chi connectivity index (χ1v) is 3.64. The lowest BCUT2D eigenvalue weighted by Crippen LogP contribution is -2.04. The highest BCUT2D eigenvalue weighted by molar-refractivity contribution is 5.68. The first-order chi connectivity index (χ1) is 5.92. The molecule has 1 unspecified atom stereocenters. The van der Waals surface area contributed by atoms with Gasteiger partial charge in [0.1, 0.15) is 12.0 Å². The fourth-order valence-corrected chi connectivity index (χ4v) is 1.18. The molecule has 1 aliphatic heterocycles. The van der Waals surface area contributed by atoms with Gasteiger partial charge in [0.05, 0.1) is 18.4 Å². The summed E-state index contributed by atoms with van der Waals surface area (Å²) in [7, 11) is 0. The fourth-order valence-electron chi connectivity index (χ4n) is 1.18. The van der Waals surface area contributed by atoms with Crippen molar-refractivity contribution in [1.82, 2.24) is 4.98 Å². The van der Waals surface area contributed by atoms with Crippen LogP contribution >= 0.6 is 0 Å². The number of hydrogen-bond acceptors (Lipinski definition) is 3. The van der Waals surface area contributed by atoms with E-state index in [1.807, 2.05) is 0 Å². The highest BCUT2D eigenvalue weighted by Crippen LogP contribution is 2.28. The molecular formula is C9H7NO2. The molecule has 0 radical (unpaired) electrons. The molecule has 1 atom stereocenters. The molecule has 0 N–H and O–H groups in total. The van der Waals surface area contributed by atoms with Crippen molar-refractivity contribution in [2.45, 2.75) is 5.92 Å². The Hall–Kier alpha value is -1.64. The van der Waals surface area contributed by atoms with E-state index in [0.717, 1.165) is 11.8 Å². The van der Waals surface area contributed by atoms with Crippen LogP contribution in [0.1, 0.15) is 11.5 Å². The van der Waals surface area contributed by atoms with Crippen molar-refractivity contribution in [2.24, 2.45) is 0 Å². The van der Waals surface area contributed by atoms with Gasteiger partial charge in [-0.1, -0.05) is 0 Å². The predicted molar refractivity (Wildman–Crippen MR) is 42.8 cm³/mol. The number of carbonyl (C=O) groups is 1. The van der Waals surface area contributed by atoms with Crippen LogP contribution in [0.3, 0.4) is 0 Å². The average molecular weight is 161 g/mol. The van der Waals surface area contributed by atoms with E-state index >= 15 is 0 Å². The summed E-state index contributed by atoms with van der Waals surface area (Å²) in [6.07, 6.45) is 7.38. The third-order valence-corrected chi connectivity index (χ3v) is 1.80. The fraction of sp³-hybridized carbons (Fsp3) is 0.111. The second-order valence-corrected chi connectivity index (χ2v) is 2.52. The summed E-state index contributed by atoms with van der Waals surface area (Å²) in [5, 5.41) is 0. The van der Waals surface area contributed by atoms with Gasteiger partial charge in [0.2, 0.25) is 0 Å². The molecule has 0 aliphatic carbocycles. The van der Waals surface area contributed by atoms with Gasteiger partial charge in [-0.3, -0.25) is 4.98 Å². The normalized spacial score (nSPS) is 19.5. The molecule has 1 aromatic rings. The molecule has 3 nitrogen and oxygen atoms in total. The van der Waals surface area contributed by atoms with Crippen molar-refractivity contribution in [3.8, 4) is 5.75 Å². The number of ether oxygens (including phenoxy) is 1. The Morgan fingerprint density at radius 3 is 3.33 bits per heavy atom. The number of carbonyl (C=O) groups excluding carboxylic acids is 1. The minimum atomic E-state index is -0.184. The SMILES string of the molecule is O=CC1C=COc2cnccc21. The average Bonchev–Trinajstić information content (AvgIpc) is 2.17. The Morgan fingerprint density at radius 1 is 1.58 bits per heavy atom. The molecular weight excluding hydrogens is 154 g/mol. The van der Waals surface area contributed by atoms with Crippen LogP contribution in [0.25, 0.3) is 0 Å². The lowest BCUT2D eigenvalue weighted by atomic mass is 10.00. The van der Waals surface area contributed by atoms with Crippen LogP contribution < -0.4 is 4.74 Å². The molecule has 0 amide bonds. The van der Waals surface area contributed by atoms with E-state index in [-0.39, 0.29) is 5.92 Å². The van der Waals surface area contributed by atoms with Crippen molar-refractivity contribution in [3.05, 3.63) is 36.4 Å². The van der Waals surface area contributed by atoms with E-state index in [1.165, 1.54) is 6.26 Å². The van der Waals surface area contributed by atoms with Crippen LogP contribution in [0.4, 0.5) is 0 Å². The molecule has 3 heteroatoms.